The second-order valence-electron chi connectivity index (χ2n) is 7.12. The summed E-state index contributed by atoms with van der Waals surface area (Å²) in [5.41, 5.74) is 1.47. The van der Waals surface area contributed by atoms with E-state index in [-0.39, 0.29) is 22.4 Å². The number of non-ortho nitro benzene ring substituents is 1. The van der Waals surface area contributed by atoms with Crippen LogP contribution in [0.3, 0.4) is 0 Å². The van der Waals surface area contributed by atoms with E-state index in [2.05, 4.69) is 5.43 Å². The van der Waals surface area contributed by atoms with Crippen LogP contribution in [0.5, 0.6) is 5.75 Å². The molecule has 0 aliphatic carbocycles. The van der Waals surface area contributed by atoms with Crippen LogP contribution in [0.2, 0.25) is 0 Å². The first-order valence-corrected chi connectivity index (χ1v) is 9.92. The SMILES string of the molecule is O=C1NN(c2ccccc2)C(=O)/C1=C\c1cccc([N+](=O)[O-])c1OC(=O)c1ccc([N+](=O)[O-])cc1. The first kappa shape index (κ1) is 22.8. The standard InChI is InChI=1S/C23H14N4O8/c28-21-18(22(29)25(24-21)16-6-2-1-3-7-16)13-15-5-4-8-19(27(33)34)20(15)35-23(30)14-9-11-17(12-10-14)26(31)32/h1-13H,(H,24,28)/b18-13-. The van der Waals surface area contributed by atoms with Crippen molar-refractivity contribution in [2.24, 2.45) is 0 Å². The van der Waals surface area contributed by atoms with Crippen molar-refractivity contribution in [3.05, 3.63) is 110 Å². The van der Waals surface area contributed by atoms with E-state index in [4.69, 9.17) is 4.74 Å². The van der Waals surface area contributed by atoms with Gasteiger partial charge in [0.2, 0.25) is 5.75 Å². The van der Waals surface area contributed by atoms with Gasteiger partial charge in [-0.3, -0.25) is 35.2 Å². The van der Waals surface area contributed by atoms with Crippen LogP contribution in [0.25, 0.3) is 6.08 Å². The molecule has 35 heavy (non-hydrogen) atoms. The van der Waals surface area contributed by atoms with Crippen molar-refractivity contribution in [2.75, 3.05) is 5.01 Å². The number of amides is 2. The van der Waals surface area contributed by atoms with Crippen molar-refractivity contribution in [3.8, 4) is 5.75 Å². The number of nitrogens with one attached hydrogen (secondary N) is 1. The molecule has 2 amide bonds. The van der Waals surface area contributed by atoms with Gasteiger partial charge in [-0.15, -0.1) is 0 Å². The van der Waals surface area contributed by atoms with E-state index < -0.39 is 39.1 Å². The van der Waals surface area contributed by atoms with Gasteiger partial charge >= 0.3 is 11.7 Å². The van der Waals surface area contributed by atoms with Gasteiger partial charge in [-0.2, -0.15) is 0 Å². The molecule has 0 saturated carbocycles. The second-order valence-corrected chi connectivity index (χ2v) is 7.12. The minimum atomic E-state index is -1.03. The fourth-order valence-electron chi connectivity index (χ4n) is 3.25. The number of benzene rings is 3. The summed E-state index contributed by atoms with van der Waals surface area (Å²) in [6.45, 7) is 0. The van der Waals surface area contributed by atoms with Gasteiger partial charge < -0.3 is 4.74 Å². The molecule has 0 aromatic heterocycles. The molecule has 1 aliphatic heterocycles. The summed E-state index contributed by atoms with van der Waals surface area (Å²) in [6, 6.07) is 16.5. The number of para-hydroxylation sites is 2. The Bertz CT molecular complexity index is 1400. The molecule has 1 heterocycles. The van der Waals surface area contributed by atoms with Crippen LogP contribution in [-0.2, 0) is 9.59 Å². The minimum absolute atomic E-state index is 0.0668. The van der Waals surface area contributed by atoms with Crippen LogP contribution < -0.4 is 15.2 Å². The molecular formula is C23H14N4O8. The zero-order chi connectivity index (χ0) is 25.1. The van der Waals surface area contributed by atoms with E-state index >= 15 is 0 Å². The van der Waals surface area contributed by atoms with Gasteiger partial charge in [-0.05, 0) is 30.3 Å². The molecule has 0 unspecified atom stereocenters. The van der Waals surface area contributed by atoms with E-state index in [0.717, 1.165) is 41.4 Å². The molecule has 174 valence electrons. The molecule has 0 radical (unpaired) electrons. The molecule has 12 nitrogen and oxygen atoms in total. The number of nitro benzene ring substituents is 2. The number of anilines is 1. The number of carbonyl (C=O) groups is 3. The molecule has 1 aliphatic rings. The smallest absolute Gasteiger partial charge is 0.343 e. The quantitative estimate of drug-likeness (QED) is 0.142. The first-order chi connectivity index (χ1) is 16.8. The monoisotopic (exact) mass is 474 g/mol. The Morgan fingerprint density at radius 3 is 2.20 bits per heavy atom. The molecule has 1 N–H and O–H groups in total. The molecule has 0 spiro atoms. The van der Waals surface area contributed by atoms with Gasteiger partial charge in [0.1, 0.15) is 5.57 Å². The summed E-state index contributed by atoms with van der Waals surface area (Å²) in [7, 11) is 0. The maximum Gasteiger partial charge on any atom is 0.343 e. The van der Waals surface area contributed by atoms with Crippen LogP contribution in [-0.4, -0.2) is 27.6 Å². The van der Waals surface area contributed by atoms with Crippen LogP contribution in [0.4, 0.5) is 17.1 Å². The van der Waals surface area contributed by atoms with Gasteiger partial charge in [-0.1, -0.05) is 30.3 Å². The van der Waals surface area contributed by atoms with Crippen molar-refractivity contribution >= 4 is 40.9 Å². The van der Waals surface area contributed by atoms with Crippen LogP contribution >= 0.6 is 0 Å². The fraction of sp³-hybridized carbons (Fsp3) is 0. The number of nitrogens with zero attached hydrogens (tertiary/aromatic N) is 3. The summed E-state index contributed by atoms with van der Waals surface area (Å²) in [5, 5.41) is 23.4. The molecule has 0 atom stereocenters. The predicted molar refractivity (Wildman–Crippen MR) is 121 cm³/mol. The zero-order valence-corrected chi connectivity index (χ0v) is 17.6. The second kappa shape index (κ2) is 9.23. The highest BCUT2D eigenvalue weighted by Crippen LogP contribution is 2.34. The normalized spacial score (nSPS) is 14.1. The lowest BCUT2D eigenvalue weighted by atomic mass is 10.1. The number of hydrogen-bond acceptors (Lipinski definition) is 8. The highest BCUT2D eigenvalue weighted by atomic mass is 16.6. The first-order valence-electron chi connectivity index (χ1n) is 9.92. The molecule has 0 bridgehead atoms. The molecule has 1 fully saturated rings. The topological polar surface area (TPSA) is 162 Å². The summed E-state index contributed by atoms with van der Waals surface area (Å²) in [6.07, 6.45) is 1.09. The Hall–Kier alpha value is -5.39. The summed E-state index contributed by atoms with van der Waals surface area (Å²) in [5.74, 6) is -2.98. The summed E-state index contributed by atoms with van der Waals surface area (Å²) in [4.78, 5) is 58.9. The molecule has 3 aromatic carbocycles. The highest BCUT2D eigenvalue weighted by Gasteiger charge is 2.35. The lowest BCUT2D eigenvalue weighted by Gasteiger charge is -2.13. The van der Waals surface area contributed by atoms with E-state index in [0.29, 0.717) is 5.69 Å². The number of rotatable bonds is 6. The number of carbonyl (C=O) groups excluding carboxylic acids is 3. The van der Waals surface area contributed by atoms with Crippen molar-refractivity contribution in [3.63, 3.8) is 0 Å². The van der Waals surface area contributed by atoms with E-state index in [9.17, 15) is 34.6 Å². The Morgan fingerprint density at radius 2 is 1.57 bits per heavy atom. The third-order valence-electron chi connectivity index (χ3n) is 4.94. The fourth-order valence-corrected chi connectivity index (χ4v) is 3.25. The number of hydrogen-bond donors (Lipinski definition) is 1. The van der Waals surface area contributed by atoms with Crippen LogP contribution in [0.1, 0.15) is 15.9 Å². The van der Waals surface area contributed by atoms with Gasteiger partial charge in [0.25, 0.3) is 17.5 Å². The number of esters is 1. The largest absolute Gasteiger partial charge is 0.415 e. The minimum Gasteiger partial charge on any atom is -0.415 e. The maximum atomic E-state index is 12.9. The average Bonchev–Trinajstić information content (AvgIpc) is 3.13. The molecule has 4 rings (SSSR count). The van der Waals surface area contributed by atoms with Gasteiger partial charge in [0.15, 0.2) is 0 Å². The van der Waals surface area contributed by atoms with Gasteiger partial charge in [0.05, 0.1) is 21.1 Å². The van der Waals surface area contributed by atoms with Crippen LogP contribution in [0.15, 0.2) is 78.4 Å². The number of hydrazine groups is 1. The lowest BCUT2D eigenvalue weighted by molar-refractivity contribution is -0.385. The van der Waals surface area contributed by atoms with Gasteiger partial charge in [-0.25, -0.2) is 9.80 Å². The van der Waals surface area contributed by atoms with E-state index in [1.54, 1.807) is 30.3 Å². The summed E-state index contributed by atoms with van der Waals surface area (Å²) >= 11 is 0. The van der Waals surface area contributed by atoms with E-state index in [1.807, 2.05) is 0 Å². The van der Waals surface area contributed by atoms with Crippen molar-refractivity contribution in [2.45, 2.75) is 0 Å². The third-order valence-corrected chi connectivity index (χ3v) is 4.94. The molecule has 3 aromatic rings. The third kappa shape index (κ3) is 4.57. The van der Waals surface area contributed by atoms with Crippen molar-refractivity contribution < 1.29 is 29.0 Å². The number of ether oxygens (including phenoxy) is 1. The molecule has 1 saturated heterocycles. The lowest BCUT2D eigenvalue weighted by Crippen LogP contribution is -2.35. The van der Waals surface area contributed by atoms with Gasteiger partial charge in [0, 0.05) is 23.8 Å². The van der Waals surface area contributed by atoms with Crippen molar-refractivity contribution in [1.29, 1.82) is 0 Å². The zero-order valence-electron chi connectivity index (χ0n) is 17.6. The highest BCUT2D eigenvalue weighted by molar-refractivity contribution is 6.31. The molecular weight excluding hydrogens is 460 g/mol. The average molecular weight is 474 g/mol. The maximum absolute atomic E-state index is 12.9. The van der Waals surface area contributed by atoms with Crippen molar-refractivity contribution in [1.82, 2.24) is 5.43 Å². The molecule has 12 heteroatoms. The Morgan fingerprint density at radius 1 is 0.886 bits per heavy atom. The summed E-state index contributed by atoms with van der Waals surface area (Å²) < 4.78 is 5.26. The Labute approximate surface area is 196 Å². The Kier molecular flexibility index (Phi) is 6.01. The predicted octanol–water partition coefficient (Wildman–Crippen LogP) is 3.18. The Balaban J connectivity index is 1.70. The number of nitro groups is 2. The van der Waals surface area contributed by atoms with E-state index in [1.165, 1.54) is 12.1 Å². The van der Waals surface area contributed by atoms with Crippen LogP contribution in [0, 0.1) is 20.2 Å².